The maximum Gasteiger partial charge on any atom is 0.167 e. The van der Waals surface area contributed by atoms with E-state index in [2.05, 4.69) is 18.2 Å². The zero-order valence-corrected chi connectivity index (χ0v) is 10.9. The Hall–Kier alpha value is -1.89. The van der Waals surface area contributed by atoms with Crippen LogP contribution in [0.2, 0.25) is 0 Å². The van der Waals surface area contributed by atoms with Crippen molar-refractivity contribution in [3.05, 3.63) is 70.8 Å². The largest absolute Gasteiger partial charge is 0.294 e. The summed E-state index contributed by atoms with van der Waals surface area (Å²) in [5, 5.41) is 0. The molecule has 0 aliphatic heterocycles. The number of rotatable bonds is 0. The van der Waals surface area contributed by atoms with Crippen molar-refractivity contribution < 1.29 is 4.79 Å². The molecule has 0 N–H and O–H groups in total. The zero-order valence-electron chi connectivity index (χ0n) is 10.9. The predicted octanol–water partition coefficient (Wildman–Crippen LogP) is 4.04. The maximum atomic E-state index is 12.1. The average Bonchev–Trinajstić information content (AvgIpc) is 2.57. The molecule has 1 nitrogen and oxygen atoms in total. The van der Waals surface area contributed by atoms with Gasteiger partial charge in [0.1, 0.15) is 0 Å². The third kappa shape index (κ3) is 2.35. The summed E-state index contributed by atoms with van der Waals surface area (Å²) in [6.45, 7) is 4.00. The Labute approximate surface area is 108 Å². The molecule has 0 heterocycles. The van der Waals surface area contributed by atoms with E-state index < -0.39 is 0 Å². The highest BCUT2D eigenvalue weighted by Crippen LogP contribution is 2.23. The summed E-state index contributed by atoms with van der Waals surface area (Å²) < 4.78 is 0. The van der Waals surface area contributed by atoms with E-state index >= 15 is 0 Å². The average molecular weight is 238 g/mol. The van der Waals surface area contributed by atoms with Crippen molar-refractivity contribution in [1.82, 2.24) is 0 Å². The summed E-state index contributed by atoms with van der Waals surface area (Å²) in [4.78, 5) is 12.1. The lowest BCUT2D eigenvalue weighted by molar-refractivity contribution is 0.0993. The zero-order chi connectivity index (χ0) is 13.0. The molecule has 1 aliphatic carbocycles. The molecule has 0 amide bonds. The first kappa shape index (κ1) is 12.6. The van der Waals surface area contributed by atoms with Gasteiger partial charge in [-0.3, -0.25) is 4.79 Å². The molecule has 0 spiro atoms. The van der Waals surface area contributed by atoms with E-state index in [1.54, 1.807) is 0 Å². The molecular weight excluding hydrogens is 220 g/mol. The second kappa shape index (κ2) is 5.63. The Morgan fingerprint density at radius 3 is 1.89 bits per heavy atom. The molecule has 3 rings (SSSR count). The topological polar surface area (TPSA) is 17.1 Å². The molecule has 0 radical (unpaired) electrons. The first-order valence-corrected chi connectivity index (χ1v) is 6.52. The molecule has 0 aromatic heterocycles. The normalized spacial score (nSPS) is 12.7. The molecule has 0 atom stereocenters. The predicted molar refractivity (Wildman–Crippen MR) is 75.1 cm³/mol. The number of carbonyl (C=O) groups excluding carboxylic acids is 1. The molecule has 0 saturated heterocycles. The van der Waals surface area contributed by atoms with Crippen LogP contribution in [-0.4, -0.2) is 5.78 Å². The van der Waals surface area contributed by atoms with E-state index in [0.717, 1.165) is 17.5 Å². The summed E-state index contributed by atoms with van der Waals surface area (Å²) in [5.41, 5.74) is 4.49. The van der Waals surface area contributed by atoms with Crippen LogP contribution >= 0.6 is 0 Å². The standard InChI is InChI=1S/C15H12O.C2H6/c16-15-10-12-6-2-1-5-11(12)9-13-7-3-4-8-14(13)15;1-2/h1-8H,9-10H2;1-2H3. The minimum atomic E-state index is 0.237. The number of fused-ring (bicyclic) bond motifs is 2. The molecule has 2 aromatic carbocycles. The molecule has 0 fully saturated rings. The van der Waals surface area contributed by atoms with Gasteiger partial charge in [0, 0.05) is 12.0 Å². The van der Waals surface area contributed by atoms with Crippen LogP contribution in [0.3, 0.4) is 0 Å². The smallest absolute Gasteiger partial charge is 0.167 e. The van der Waals surface area contributed by atoms with E-state index in [4.69, 9.17) is 0 Å². The fourth-order valence-corrected chi connectivity index (χ4v) is 2.32. The first-order valence-electron chi connectivity index (χ1n) is 6.52. The van der Waals surface area contributed by atoms with Gasteiger partial charge >= 0.3 is 0 Å². The quantitative estimate of drug-likeness (QED) is 0.677. The van der Waals surface area contributed by atoms with Crippen molar-refractivity contribution in [2.24, 2.45) is 0 Å². The van der Waals surface area contributed by atoms with Gasteiger partial charge in [0.2, 0.25) is 0 Å². The van der Waals surface area contributed by atoms with Crippen LogP contribution in [0.25, 0.3) is 0 Å². The van der Waals surface area contributed by atoms with Gasteiger partial charge in [-0.15, -0.1) is 0 Å². The van der Waals surface area contributed by atoms with Crippen molar-refractivity contribution in [2.45, 2.75) is 26.7 Å². The van der Waals surface area contributed by atoms with Crippen LogP contribution in [0.5, 0.6) is 0 Å². The second-order valence-electron chi connectivity index (χ2n) is 4.20. The van der Waals surface area contributed by atoms with Gasteiger partial charge in [-0.05, 0) is 23.1 Å². The molecule has 0 bridgehead atoms. The summed E-state index contributed by atoms with van der Waals surface area (Å²) >= 11 is 0. The third-order valence-corrected chi connectivity index (χ3v) is 3.17. The van der Waals surface area contributed by atoms with Gasteiger partial charge in [0.05, 0.1) is 0 Å². The highest BCUT2D eigenvalue weighted by Gasteiger charge is 2.18. The van der Waals surface area contributed by atoms with Crippen LogP contribution < -0.4 is 0 Å². The van der Waals surface area contributed by atoms with Crippen molar-refractivity contribution in [2.75, 3.05) is 0 Å². The highest BCUT2D eigenvalue weighted by atomic mass is 16.1. The number of hydrogen-bond donors (Lipinski definition) is 0. The van der Waals surface area contributed by atoms with E-state index in [0.29, 0.717) is 6.42 Å². The van der Waals surface area contributed by atoms with Crippen molar-refractivity contribution in [3.8, 4) is 0 Å². The molecule has 92 valence electrons. The Morgan fingerprint density at radius 1 is 0.722 bits per heavy atom. The van der Waals surface area contributed by atoms with Gasteiger partial charge in [0.15, 0.2) is 5.78 Å². The molecule has 1 heteroatoms. The minimum Gasteiger partial charge on any atom is -0.294 e. The Kier molecular flexibility index (Phi) is 3.93. The minimum absolute atomic E-state index is 0.237. The monoisotopic (exact) mass is 238 g/mol. The summed E-state index contributed by atoms with van der Waals surface area (Å²) in [6, 6.07) is 16.1. The lowest BCUT2D eigenvalue weighted by Crippen LogP contribution is -2.03. The lowest BCUT2D eigenvalue weighted by Gasteiger charge is -2.04. The van der Waals surface area contributed by atoms with Crippen LogP contribution in [0.15, 0.2) is 48.5 Å². The SMILES string of the molecule is CC.O=C1Cc2ccccc2Cc2ccccc21. The second-order valence-corrected chi connectivity index (χ2v) is 4.20. The Morgan fingerprint density at radius 2 is 1.22 bits per heavy atom. The molecule has 18 heavy (non-hydrogen) atoms. The van der Waals surface area contributed by atoms with Crippen LogP contribution in [0.1, 0.15) is 40.9 Å². The van der Waals surface area contributed by atoms with Gasteiger partial charge in [0.25, 0.3) is 0 Å². The highest BCUT2D eigenvalue weighted by molar-refractivity contribution is 5.99. The first-order chi connectivity index (χ1) is 8.84. The molecule has 2 aromatic rings. The van der Waals surface area contributed by atoms with Gasteiger partial charge in [-0.25, -0.2) is 0 Å². The van der Waals surface area contributed by atoms with Gasteiger partial charge in [-0.2, -0.15) is 0 Å². The van der Waals surface area contributed by atoms with E-state index in [-0.39, 0.29) is 5.78 Å². The van der Waals surface area contributed by atoms with Gasteiger partial charge < -0.3 is 0 Å². The molecule has 1 aliphatic rings. The molecular formula is C17H18O. The van der Waals surface area contributed by atoms with Crippen LogP contribution in [-0.2, 0) is 12.8 Å². The molecule has 0 saturated carbocycles. The van der Waals surface area contributed by atoms with E-state index in [9.17, 15) is 4.79 Å². The van der Waals surface area contributed by atoms with E-state index in [1.165, 1.54) is 11.1 Å². The van der Waals surface area contributed by atoms with Crippen LogP contribution in [0, 0.1) is 0 Å². The fraction of sp³-hybridized carbons (Fsp3) is 0.235. The van der Waals surface area contributed by atoms with Gasteiger partial charge in [-0.1, -0.05) is 62.4 Å². The fourth-order valence-electron chi connectivity index (χ4n) is 2.32. The Bertz CT molecular complexity index is 555. The molecule has 0 unspecified atom stereocenters. The van der Waals surface area contributed by atoms with E-state index in [1.807, 2.05) is 44.2 Å². The number of carbonyl (C=O) groups is 1. The number of hydrogen-bond acceptors (Lipinski definition) is 1. The van der Waals surface area contributed by atoms with Crippen LogP contribution in [0.4, 0.5) is 0 Å². The van der Waals surface area contributed by atoms with Crippen molar-refractivity contribution >= 4 is 5.78 Å². The number of benzene rings is 2. The Balaban J connectivity index is 0.000000574. The maximum absolute atomic E-state index is 12.1. The van der Waals surface area contributed by atoms with Crippen molar-refractivity contribution in [1.29, 1.82) is 0 Å². The summed E-state index contributed by atoms with van der Waals surface area (Å²) in [6.07, 6.45) is 1.41. The number of ketones is 1. The lowest BCUT2D eigenvalue weighted by atomic mass is 10.0. The van der Waals surface area contributed by atoms with Crippen molar-refractivity contribution in [3.63, 3.8) is 0 Å². The summed E-state index contributed by atoms with van der Waals surface area (Å²) in [7, 11) is 0. The third-order valence-electron chi connectivity index (χ3n) is 3.17. The number of Topliss-reactive ketones (excluding diaryl/α,β-unsaturated/α-hetero) is 1. The summed E-state index contributed by atoms with van der Waals surface area (Å²) in [5.74, 6) is 0.237.